The van der Waals surface area contributed by atoms with Crippen molar-refractivity contribution in [3.63, 3.8) is 0 Å². The van der Waals surface area contributed by atoms with E-state index in [1.165, 1.54) is 12.1 Å². The van der Waals surface area contributed by atoms with E-state index in [4.69, 9.17) is 4.74 Å². The lowest BCUT2D eigenvalue weighted by Crippen LogP contribution is -2.37. The third-order valence-electron chi connectivity index (χ3n) is 3.31. The minimum absolute atomic E-state index is 0.174. The third kappa shape index (κ3) is 2.75. The molecule has 19 heavy (non-hydrogen) atoms. The van der Waals surface area contributed by atoms with Gasteiger partial charge >= 0.3 is 5.97 Å². The highest BCUT2D eigenvalue weighted by Gasteiger charge is 2.40. The zero-order valence-corrected chi connectivity index (χ0v) is 10.9. The summed E-state index contributed by atoms with van der Waals surface area (Å²) in [6.45, 7) is 3.79. The van der Waals surface area contributed by atoms with Crippen molar-refractivity contribution in [1.82, 2.24) is 5.32 Å². The van der Waals surface area contributed by atoms with E-state index < -0.39 is 12.0 Å². The van der Waals surface area contributed by atoms with E-state index in [1.54, 1.807) is 13.0 Å². The van der Waals surface area contributed by atoms with Gasteiger partial charge in [-0.2, -0.15) is 0 Å². The molecule has 0 aromatic heterocycles. The van der Waals surface area contributed by atoms with Gasteiger partial charge in [-0.25, -0.2) is 9.18 Å². The Morgan fingerprint density at radius 1 is 1.53 bits per heavy atom. The lowest BCUT2D eigenvalue weighted by atomic mass is 9.88. The highest BCUT2D eigenvalue weighted by Crippen LogP contribution is 2.31. The average molecular weight is 265 g/mol. The molecular formula is C14H16FNO3. The molecule has 1 heterocycles. The van der Waals surface area contributed by atoms with E-state index in [0.29, 0.717) is 5.56 Å². The minimum Gasteiger partial charge on any atom is -0.464 e. The van der Waals surface area contributed by atoms with Crippen LogP contribution in [0.4, 0.5) is 4.39 Å². The van der Waals surface area contributed by atoms with Gasteiger partial charge in [0, 0.05) is 12.3 Å². The summed E-state index contributed by atoms with van der Waals surface area (Å²) < 4.78 is 18.3. The first-order valence-corrected chi connectivity index (χ1v) is 6.25. The number of hydrogen-bond donors (Lipinski definition) is 1. The summed E-state index contributed by atoms with van der Waals surface area (Å²) in [6, 6.07) is 3.66. The van der Waals surface area contributed by atoms with Crippen molar-refractivity contribution in [2.75, 3.05) is 6.61 Å². The van der Waals surface area contributed by atoms with E-state index in [0.717, 1.165) is 5.56 Å². The Morgan fingerprint density at radius 2 is 2.26 bits per heavy atom. The molecule has 1 amide bonds. The van der Waals surface area contributed by atoms with Gasteiger partial charge in [0.1, 0.15) is 11.9 Å². The molecule has 1 aromatic rings. The number of nitrogens with one attached hydrogen (secondary N) is 1. The number of esters is 1. The number of carbonyl (C=O) groups excluding carboxylic acids is 2. The summed E-state index contributed by atoms with van der Waals surface area (Å²) in [7, 11) is 0. The number of amides is 1. The fourth-order valence-electron chi connectivity index (χ4n) is 2.41. The molecule has 1 aliphatic rings. The molecule has 0 spiro atoms. The highest BCUT2D eigenvalue weighted by atomic mass is 19.1. The number of halogens is 1. The molecule has 1 aliphatic heterocycles. The molecule has 1 fully saturated rings. The van der Waals surface area contributed by atoms with Crippen molar-refractivity contribution in [3.8, 4) is 0 Å². The van der Waals surface area contributed by atoms with Crippen molar-refractivity contribution in [2.24, 2.45) is 0 Å². The van der Waals surface area contributed by atoms with Gasteiger partial charge in [0.25, 0.3) is 0 Å². The van der Waals surface area contributed by atoms with Crippen LogP contribution in [0.5, 0.6) is 0 Å². The number of ether oxygens (including phenoxy) is 1. The second kappa shape index (κ2) is 5.38. The Morgan fingerprint density at radius 3 is 2.95 bits per heavy atom. The molecule has 1 saturated heterocycles. The van der Waals surface area contributed by atoms with E-state index >= 15 is 0 Å². The lowest BCUT2D eigenvalue weighted by Gasteiger charge is -2.19. The van der Waals surface area contributed by atoms with Gasteiger partial charge in [0.05, 0.1) is 6.61 Å². The fraction of sp³-hybridized carbons (Fsp3) is 0.429. The van der Waals surface area contributed by atoms with Crippen molar-refractivity contribution in [3.05, 3.63) is 35.1 Å². The zero-order valence-electron chi connectivity index (χ0n) is 10.9. The Labute approximate surface area is 110 Å². The van der Waals surface area contributed by atoms with Crippen LogP contribution in [-0.2, 0) is 14.3 Å². The summed E-state index contributed by atoms with van der Waals surface area (Å²) in [6.07, 6.45) is 0.174. The van der Waals surface area contributed by atoms with Crippen LogP contribution in [-0.4, -0.2) is 24.5 Å². The lowest BCUT2D eigenvalue weighted by molar-refractivity contribution is -0.146. The molecule has 1 aromatic carbocycles. The van der Waals surface area contributed by atoms with E-state index in [2.05, 4.69) is 5.32 Å². The zero-order chi connectivity index (χ0) is 14.0. The predicted molar refractivity (Wildman–Crippen MR) is 67.1 cm³/mol. The third-order valence-corrected chi connectivity index (χ3v) is 3.31. The predicted octanol–water partition coefficient (Wildman–Crippen LogP) is 1.67. The summed E-state index contributed by atoms with van der Waals surface area (Å²) in [5, 5.41) is 2.60. The highest BCUT2D eigenvalue weighted by molar-refractivity contribution is 5.90. The molecule has 102 valence electrons. The minimum atomic E-state index is -0.729. The van der Waals surface area contributed by atoms with Crippen molar-refractivity contribution in [2.45, 2.75) is 32.2 Å². The smallest absolute Gasteiger partial charge is 0.329 e. The first kappa shape index (κ1) is 13.5. The maximum absolute atomic E-state index is 13.4. The van der Waals surface area contributed by atoms with Crippen LogP contribution >= 0.6 is 0 Å². The quantitative estimate of drug-likeness (QED) is 0.846. The van der Waals surface area contributed by atoms with Crippen LogP contribution in [0, 0.1) is 12.7 Å². The second-order valence-corrected chi connectivity index (χ2v) is 4.61. The maximum Gasteiger partial charge on any atom is 0.329 e. The molecule has 2 atom stereocenters. The topological polar surface area (TPSA) is 55.4 Å². The molecule has 2 rings (SSSR count). The monoisotopic (exact) mass is 265 g/mol. The summed E-state index contributed by atoms with van der Waals surface area (Å²) in [5.74, 6) is -1.43. The maximum atomic E-state index is 13.4. The van der Waals surface area contributed by atoms with Crippen LogP contribution in [0.3, 0.4) is 0 Å². The molecule has 0 bridgehead atoms. The Kier molecular flexibility index (Phi) is 3.83. The molecule has 0 radical (unpaired) electrons. The van der Waals surface area contributed by atoms with Crippen molar-refractivity contribution >= 4 is 11.9 Å². The Hall–Kier alpha value is -1.91. The van der Waals surface area contributed by atoms with E-state index in [9.17, 15) is 14.0 Å². The number of hydrogen-bond acceptors (Lipinski definition) is 3. The number of rotatable bonds is 3. The van der Waals surface area contributed by atoms with Crippen LogP contribution < -0.4 is 5.32 Å². The van der Waals surface area contributed by atoms with Crippen molar-refractivity contribution < 1.29 is 18.7 Å². The van der Waals surface area contributed by atoms with E-state index in [1.807, 2.05) is 6.92 Å². The first-order valence-electron chi connectivity index (χ1n) is 6.25. The summed E-state index contributed by atoms with van der Waals surface area (Å²) in [4.78, 5) is 23.4. The Bertz CT molecular complexity index is 515. The molecular weight excluding hydrogens is 249 g/mol. The van der Waals surface area contributed by atoms with Crippen LogP contribution in [0.25, 0.3) is 0 Å². The van der Waals surface area contributed by atoms with Gasteiger partial charge < -0.3 is 10.1 Å². The number of carbonyl (C=O) groups is 2. The number of aryl methyl sites for hydroxylation is 1. The first-order chi connectivity index (χ1) is 9.02. The molecule has 0 saturated carbocycles. The average Bonchev–Trinajstić information content (AvgIpc) is 2.75. The SMILES string of the molecule is CCOC(=O)C1NC(=O)CC1c1cc(F)ccc1C. The normalized spacial score (nSPS) is 22.2. The van der Waals surface area contributed by atoms with Crippen LogP contribution in [0.1, 0.15) is 30.4 Å². The van der Waals surface area contributed by atoms with Gasteiger partial charge in [-0.3, -0.25) is 4.79 Å². The Balaban J connectivity index is 2.33. The van der Waals surface area contributed by atoms with Gasteiger partial charge in [-0.1, -0.05) is 6.07 Å². The van der Waals surface area contributed by atoms with Gasteiger partial charge in [0.2, 0.25) is 5.91 Å². The molecule has 2 unspecified atom stereocenters. The van der Waals surface area contributed by atoms with Gasteiger partial charge in [0.15, 0.2) is 0 Å². The van der Waals surface area contributed by atoms with Gasteiger partial charge in [-0.15, -0.1) is 0 Å². The standard InChI is InChI=1S/C14H16FNO3/c1-3-19-14(18)13-11(7-12(17)16-13)10-6-9(15)5-4-8(10)2/h4-6,11,13H,3,7H2,1-2H3,(H,16,17). The van der Waals surface area contributed by atoms with Crippen molar-refractivity contribution in [1.29, 1.82) is 0 Å². The fourth-order valence-corrected chi connectivity index (χ4v) is 2.41. The second-order valence-electron chi connectivity index (χ2n) is 4.61. The molecule has 1 N–H and O–H groups in total. The van der Waals surface area contributed by atoms with Crippen LogP contribution in [0.2, 0.25) is 0 Å². The summed E-state index contributed by atoms with van der Waals surface area (Å²) >= 11 is 0. The number of benzene rings is 1. The molecule has 5 heteroatoms. The van der Waals surface area contributed by atoms with E-state index in [-0.39, 0.29) is 30.7 Å². The van der Waals surface area contributed by atoms with Crippen LogP contribution in [0.15, 0.2) is 18.2 Å². The largest absolute Gasteiger partial charge is 0.464 e. The molecule has 4 nitrogen and oxygen atoms in total. The van der Waals surface area contributed by atoms with Gasteiger partial charge in [-0.05, 0) is 37.1 Å². The summed E-state index contributed by atoms with van der Waals surface area (Å²) in [5.41, 5.74) is 1.54. The molecule has 0 aliphatic carbocycles.